The molecule has 0 unspecified atom stereocenters. The highest BCUT2D eigenvalue weighted by Gasteiger charge is 2.24. The first-order valence-electron chi connectivity index (χ1n) is 12.5. The van der Waals surface area contributed by atoms with Crippen molar-refractivity contribution < 1.29 is 4.39 Å². The van der Waals surface area contributed by atoms with Gasteiger partial charge in [0.1, 0.15) is 5.82 Å². The third-order valence-corrected chi connectivity index (χ3v) is 8.43. The number of halogens is 2. The number of aryl methyl sites for hydroxylation is 1. The normalized spacial score (nSPS) is 26.7. The van der Waals surface area contributed by atoms with E-state index in [-0.39, 0.29) is 5.82 Å². The van der Waals surface area contributed by atoms with Gasteiger partial charge in [0.25, 0.3) is 0 Å². The van der Waals surface area contributed by atoms with E-state index in [4.69, 9.17) is 11.6 Å². The first kappa shape index (κ1) is 22.8. The predicted octanol–water partition coefficient (Wildman–Crippen LogP) is 9.12. The molecule has 2 saturated carbocycles. The van der Waals surface area contributed by atoms with Crippen LogP contribution in [0.4, 0.5) is 4.39 Å². The Balaban J connectivity index is 1.35. The molecular weight excluding hydrogens is 403 g/mol. The van der Waals surface area contributed by atoms with E-state index in [1.54, 1.807) is 0 Å². The second-order valence-corrected chi connectivity index (χ2v) is 10.9. The Bertz CT molecular complexity index is 840. The Labute approximate surface area is 193 Å². The Kier molecular flexibility index (Phi) is 7.75. The van der Waals surface area contributed by atoms with Crippen molar-refractivity contribution in [1.29, 1.82) is 0 Å². The van der Waals surface area contributed by atoms with Crippen LogP contribution in [0.15, 0.2) is 36.4 Å². The molecule has 4 rings (SSSR count). The van der Waals surface area contributed by atoms with Gasteiger partial charge in [0, 0.05) is 6.42 Å². The van der Waals surface area contributed by atoms with Crippen LogP contribution in [0.25, 0.3) is 0 Å². The molecular formula is C29H38ClF. The maximum absolute atomic E-state index is 15.1. The summed E-state index contributed by atoms with van der Waals surface area (Å²) < 4.78 is 15.1. The largest absolute Gasteiger partial charge is 0.205 e. The Morgan fingerprint density at radius 2 is 1.35 bits per heavy atom. The standard InChI is InChI=1S/C29H38ClF/c1-20-3-7-22(8-4-20)9-10-23-11-13-24(14-12-23)19-26-17-18-27(28(30)29(26)31)25-15-5-21(2)6-16-25/h11-14,17-18,20-22,25H,3-10,15-16,19H2,1-2H3. The van der Waals surface area contributed by atoms with Crippen LogP contribution < -0.4 is 0 Å². The van der Waals surface area contributed by atoms with E-state index in [9.17, 15) is 0 Å². The first-order valence-corrected chi connectivity index (χ1v) is 12.9. The molecule has 2 aromatic carbocycles. The summed E-state index contributed by atoms with van der Waals surface area (Å²) in [5.74, 6) is 2.81. The third-order valence-electron chi connectivity index (χ3n) is 8.04. The van der Waals surface area contributed by atoms with Crippen molar-refractivity contribution in [3.8, 4) is 0 Å². The van der Waals surface area contributed by atoms with Crippen molar-refractivity contribution in [3.05, 3.63) is 69.5 Å². The molecule has 2 aliphatic carbocycles. The molecule has 0 aliphatic heterocycles. The van der Waals surface area contributed by atoms with E-state index < -0.39 is 0 Å². The Hall–Kier alpha value is -1.34. The van der Waals surface area contributed by atoms with Gasteiger partial charge >= 0.3 is 0 Å². The lowest BCUT2D eigenvalue weighted by molar-refractivity contribution is 0.278. The third kappa shape index (κ3) is 5.92. The molecule has 31 heavy (non-hydrogen) atoms. The van der Waals surface area contributed by atoms with E-state index in [2.05, 4.69) is 44.2 Å². The van der Waals surface area contributed by atoms with Crippen LogP contribution in [-0.2, 0) is 12.8 Å². The molecule has 2 heteroatoms. The summed E-state index contributed by atoms with van der Waals surface area (Å²) in [6, 6.07) is 12.9. The molecule has 2 fully saturated rings. The molecule has 0 bridgehead atoms. The van der Waals surface area contributed by atoms with Crippen LogP contribution in [0.1, 0.15) is 99.8 Å². The fourth-order valence-corrected chi connectivity index (χ4v) is 6.00. The molecule has 0 radical (unpaired) electrons. The zero-order valence-electron chi connectivity index (χ0n) is 19.3. The van der Waals surface area contributed by atoms with Gasteiger partial charge in [-0.05, 0) is 71.6 Å². The fourth-order valence-electron chi connectivity index (χ4n) is 5.66. The molecule has 0 nitrogen and oxygen atoms in total. The van der Waals surface area contributed by atoms with Gasteiger partial charge in [-0.25, -0.2) is 4.39 Å². The van der Waals surface area contributed by atoms with E-state index in [1.165, 1.54) is 50.5 Å². The molecule has 0 atom stereocenters. The summed E-state index contributed by atoms with van der Waals surface area (Å²) in [6.45, 7) is 4.69. The quantitative estimate of drug-likeness (QED) is 0.420. The minimum Gasteiger partial charge on any atom is -0.205 e. The number of hydrogen-bond acceptors (Lipinski definition) is 0. The van der Waals surface area contributed by atoms with Gasteiger partial charge in [0.05, 0.1) is 5.02 Å². The molecule has 0 heterocycles. The zero-order valence-corrected chi connectivity index (χ0v) is 20.1. The van der Waals surface area contributed by atoms with Crippen LogP contribution in [0, 0.1) is 23.6 Å². The minimum absolute atomic E-state index is 0.214. The van der Waals surface area contributed by atoms with E-state index in [0.29, 0.717) is 22.9 Å². The Morgan fingerprint density at radius 3 is 2.00 bits per heavy atom. The first-order chi connectivity index (χ1) is 15.0. The lowest BCUT2D eigenvalue weighted by Crippen LogP contribution is -2.12. The summed E-state index contributed by atoms with van der Waals surface area (Å²) in [4.78, 5) is 0. The molecule has 0 saturated heterocycles. The monoisotopic (exact) mass is 440 g/mol. The number of rotatable bonds is 6. The second kappa shape index (κ2) is 10.5. The minimum atomic E-state index is -0.214. The van der Waals surface area contributed by atoms with E-state index in [0.717, 1.165) is 48.1 Å². The average Bonchev–Trinajstić information content (AvgIpc) is 2.78. The molecule has 2 aromatic rings. The maximum Gasteiger partial charge on any atom is 0.145 e. The van der Waals surface area contributed by atoms with Crippen LogP contribution in [0.3, 0.4) is 0 Å². The summed E-state index contributed by atoms with van der Waals surface area (Å²) in [5, 5.41) is 0.357. The predicted molar refractivity (Wildman–Crippen MR) is 130 cm³/mol. The molecule has 0 spiro atoms. The van der Waals surface area contributed by atoms with Gasteiger partial charge in [0.15, 0.2) is 0 Å². The smallest absolute Gasteiger partial charge is 0.145 e. The van der Waals surface area contributed by atoms with Crippen molar-refractivity contribution >= 4 is 11.6 Å². The van der Waals surface area contributed by atoms with Crippen molar-refractivity contribution in [2.24, 2.45) is 17.8 Å². The molecule has 168 valence electrons. The van der Waals surface area contributed by atoms with Gasteiger partial charge in [-0.15, -0.1) is 0 Å². The zero-order chi connectivity index (χ0) is 21.8. The fraction of sp³-hybridized carbons (Fsp3) is 0.586. The number of benzene rings is 2. The number of hydrogen-bond donors (Lipinski definition) is 0. The van der Waals surface area contributed by atoms with Crippen LogP contribution in [0.2, 0.25) is 5.02 Å². The lowest BCUT2D eigenvalue weighted by Gasteiger charge is -2.27. The molecule has 0 aromatic heterocycles. The summed E-state index contributed by atoms with van der Waals surface area (Å²) in [6.07, 6.45) is 13.4. The van der Waals surface area contributed by atoms with Crippen molar-refractivity contribution in [1.82, 2.24) is 0 Å². The highest BCUT2D eigenvalue weighted by molar-refractivity contribution is 6.31. The average molecular weight is 441 g/mol. The van der Waals surface area contributed by atoms with Crippen molar-refractivity contribution in [3.63, 3.8) is 0 Å². The summed E-state index contributed by atoms with van der Waals surface area (Å²) in [7, 11) is 0. The maximum atomic E-state index is 15.1. The van der Waals surface area contributed by atoms with E-state index >= 15 is 4.39 Å². The van der Waals surface area contributed by atoms with Crippen molar-refractivity contribution in [2.75, 3.05) is 0 Å². The second-order valence-electron chi connectivity index (χ2n) is 10.6. The van der Waals surface area contributed by atoms with Crippen LogP contribution in [-0.4, -0.2) is 0 Å². The van der Waals surface area contributed by atoms with Gasteiger partial charge in [-0.1, -0.05) is 100 Å². The highest BCUT2D eigenvalue weighted by atomic mass is 35.5. The highest BCUT2D eigenvalue weighted by Crippen LogP contribution is 2.40. The van der Waals surface area contributed by atoms with E-state index in [1.807, 2.05) is 6.07 Å². The molecule has 0 amide bonds. The van der Waals surface area contributed by atoms with Crippen LogP contribution in [0.5, 0.6) is 0 Å². The Morgan fingerprint density at radius 1 is 0.774 bits per heavy atom. The van der Waals surface area contributed by atoms with Gasteiger partial charge in [0.2, 0.25) is 0 Å². The summed E-state index contributed by atoms with van der Waals surface area (Å²) in [5.41, 5.74) is 4.29. The van der Waals surface area contributed by atoms with Crippen molar-refractivity contribution in [2.45, 2.75) is 90.4 Å². The SMILES string of the molecule is CC1CCC(CCc2ccc(Cc3ccc(C4CCC(C)CC4)c(Cl)c3F)cc2)CC1. The molecule has 2 aliphatic rings. The van der Waals surface area contributed by atoms with Crippen LogP contribution >= 0.6 is 11.6 Å². The summed E-state index contributed by atoms with van der Waals surface area (Å²) >= 11 is 6.51. The topological polar surface area (TPSA) is 0 Å². The lowest BCUT2D eigenvalue weighted by atomic mass is 9.79. The van der Waals surface area contributed by atoms with Gasteiger partial charge in [-0.3, -0.25) is 0 Å². The van der Waals surface area contributed by atoms with Gasteiger partial charge < -0.3 is 0 Å². The van der Waals surface area contributed by atoms with Gasteiger partial charge in [-0.2, -0.15) is 0 Å². The molecule has 0 N–H and O–H groups in total.